The van der Waals surface area contributed by atoms with Gasteiger partial charge in [-0.2, -0.15) is 11.8 Å². The molecule has 1 fully saturated rings. The molecule has 0 bridgehead atoms. The van der Waals surface area contributed by atoms with Crippen LogP contribution in [0.1, 0.15) is 11.6 Å². The Morgan fingerprint density at radius 1 is 1.56 bits per heavy atom. The lowest BCUT2D eigenvalue weighted by Crippen LogP contribution is -2.36. The number of benzene rings is 1. The van der Waals surface area contributed by atoms with Crippen molar-refractivity contribution in [2.75, 3.05) is 25.2 Å². The fourth-order valence-electron chi connectivity index (χ4n) is 1.97. The van der Waals surface area contributed by atoms with Crippen molar-refractivity contribution in [2.24, 2.45) is 0 Å². The van der Waals surface area contributed by atoms with E-state index in [2.05, 4.69) is 5.32 Å². The summed E-state index contributed by atoms with van der Waals surface area (Å²) in [5.74, 6) is 1.82. The van der Waals surface area contributed by atoms with Crippen molar-refractivity contribution in [1.82, 2.24) is 5.32 Å². The molecule has 16 heavy (non-hydrogen) atoms. The maximum absolute atomic E-state index is 13.2. The highest BCUT2D eigenvalue weighted by atomic mass is 32.2. The first-order valence-electron chi connectivity index (χ1n) is 5.43. The van der Waals surface area contributed by atoms with Gasteiger partial charge in [0.25, 0.3) is 0 Å². The summed E-state index contributed by atoms with van der Waals surface area (Å²) < 4.78 is 18.9. The second kappa shape index (κ2) is 5.66. The maximum Gasteiger partial charge on any atom is 0.123 e. The minimum atomic E-state index is -0.193. The first kappa shape index (κ1) is 11.9. The van der Waals surface area contributed by atoms with Crippen LogP contribution in [0.25, 0.3) is 0 Å². The second-order valence-electron chi connectivity index (χ2n) is 3.81. The third-order valence-electron chi connectivity index (χ3n) is 2.73. The fraction of sp³-hybridized carbons (Fsp3) is 0.500. The van der Waals surface area contributed by atoms with E-state index < -0.39 is 0 Å². The monoisotopic (exact) mass is 241 g/mol. The van der Waals surface area contributed by atoms with E-state index in [0.717, 1.165) is 23.7 Å². The summed E-state index contributed by atoms with van der Waals surface area (Å²) in [6, 6.07) is 6.79. The summed E-state index contributed by atoms with van der Waals surface area (Å²) in [6.07, 6.45) is 0.130. The Bertz CT molecular complexity index is 342. The molecule has 1 aromatic carbocycles. The van der Waals surface area contributed by atoms with Crippen molar-refractivity contribution in [1.29, 1.82) is 0 Å². The van der Waals surface area contributed by atoms with Crippen LogP contribution in [-0.2, 0) is 4.74 Å². The molecule has 1 aromatic rings. The van der Waals surface area contributed by atoms with Gasteiger partial charge in [-0.25, -0.2) is 4.39 Å². The zero-order valence-electron chi connectivity index (χ0n) is 9.28. The molecule has 1 heterocycles. The molecule has 0 aromatic heterocycles. The Kier molecular flexibility index (Phi) is 4.21. The molecule has 1 aliphatic heterocycles. The van der Waals surface area contributed by atoms with Crippen LogP contribution in [0.2, 0.25) is 0 Å². The molecule has 2 unspecified atom stereocenters. The van der Waals surface area contributed by atoms with Crippen LogP contribution in [0, 0.1) is 5.82 Å². The van der Waals surface area contributed by atoms with E-state index in [4.69, 9.17) is 4.74 Å². The van der Waals surface area contributed by atoms with Crippen LogP contribution in [0.15, 0.2) is 24.3 Å². The normalized spacial score (nSPS) is 23.0. The fourth-order valence-corrected chi connectivity index (χ4v) is 2.87. The first-order chi connectivity index (χ1) is 7.81. The maximum atomic E-state index is 13.2. The zero-order valence-corrected chi connectivity index (χ0v) is 10.1. The largest absolute Gasteiger partial charge is 0.375 e. The summed E-state index contributed by atoms with van der Waals surface area (Å²) in [6.45, 7) is 0.781. The number of likely N-dealkylation sites (N-methyl/N-ethyl adjacent to an activating group) is 1. The SMILES string of the molecule is CNC(c1cccc(F)c1)C1CSCCO1. The number of ether oxygens (including phenoxy) is 1. The Balaban J connectivity index is 2.14. The van der Waals surface area contributed by atoms with E-state index in [1.165, 1.54) is 6.07 Å². The summed E-state index contributed by atoms with van der Waals surface area (Å²) in [5, 5.41) is 3.21. The molecule has 88 valence electrons. The van der Waals surface area contributed by atoms with Crippen LogP contribution < -0.4 is 5.32 Å². The van der Waals surface area contributed by atoms with E-state index in [1.807, 2.05) is 24.9 Å². The number of hydrogen-bond donors (Lipinski definition) is 1. The van der Waals surface area contributed by atoms with E-state index in [-0.39, 0.29) is 18.0 Å². The Labute approximate surface area is 99.6 Å². The first-order valence-corrected chi connectivity index (χ1v) is 6.59. The van der Waals surface area contributed by atoms with Gasteiger partial charge in [-0.05, 0) is 24.7 Å². The van der Waals surface area contributed by atoms with Gasteiger partial charge in [0, 0.05) is 11.5 Å². The third kappa shape index (κ3) is 2.75. The van der Waals surface area contributed by atoms with Gasteiger partial charge in [-0.15, -0.1) is 0 Å². The average Bonchev–Trinajstić information content (AvgIpc) is 2.31. The number of halogens is 1. The van der Waals surface area contributed by atoms with Crippen molar-refractivity contribution in [3.05, 3.63) is 35.6 Å². The van der Waals surface area contributed by atoms with Crippen LogP contribution in [0.4, 0.5) is 4.39 Å². The van der Waals surface area contributed by atoms with E-state index in [9.17, 15) is 4.39 Å². The summed E-state index contributed by atoms with van der Waals surface area (Å²) in [5.41, 5.74) is 0.954. The molecule has 0 saturated carbocycles. The van der Waals surface area contributed by atoms with Crippen molar-refractivity contribution in [3.63, 3.8) is 0 Å². The van der Waals surface area contributed by atoms with Gasteiger partial charge in [-0.3, -0.25) is 0 Å². The van der Waals surface area contributed by atoms with Crippen molar-refractivity contribution in [2.45, 2.75) is 12.1 Å². The summed E-state index contributed by atoms with van der Waals surface area (Å²) >= 11 is 1.89. The van der Waals surface area contributed by atoms with Crippen molar-refractivity contribution in [3.8, 4) is 0 Å². The molecule has 4 heteroatoms. The van der Waals surface area contributed by atoms with Crippen molar-refractivity contribution >= 4 is 11.8 Å². The highest BCUT2D eigenvalue weighted by molar-refractivity contribution is 7.99. The quantitative estimate of drug-likeness (QED) is 0.876. The molecule has 2 nitrogen and oxygen atoms in total. The average molecular weight is 241 g/mol. The van der Waals surface area contributed by atoms with Gasteiger partial charge < -0.3 is 10.1 Å². The molecule has 1 saturated heterocycles. The molecule has 0 spiro atoms. The standard InChI is InChI=1S/C12H16FNOS/c1-14-12(11-8-16-6-5-15-11)9-3-2-4-10(13)7-9/h2-4,7,11-12,14H,5-6,8H2,1H3. The lowest BCUT2D eigenvalue weighted by atomic mass is 10.0. The van der Waals surface area contributed by atoms with Gasteiger partial charge in [0.05, 0.1) is 18.8 Å². The predicted molar refractivity (Wildman–Crippen MR) is 65.3 cm³/mol. The number of thioether (sulfide) groups is 1. The van der Waals surface area contributed by atoms with Gasteiger partial charge in [0.1, 0.15) is 5.82 Å². The topological polar surface area (TPSA) is 21.3 Å². The van der Waals surface area contributed by atoms with Crippen LogP contribution in [-0.4, -0.2) is 31.3 Å². The predicted octanol–water partition coefficient (Wildman–Crippen LogP) is 2.22. The highest BCUT2D eigenvalue weighted by Crippen LogP contribution is 2.25. The van der Waals surface area contributed by atoms with Gasteiger partial charge in [-0.1, -0.05) is 12.1 Å². The van der Waals surface area contributed by atoms with Crippen molar-refractivity contribution < 1.29 is 9.13 Å². The van der Waals surface area contributed by atoms with E-state index in [0.29, 0.717) is 0 Å². The molecule has 0 amide bonds. The molecule has 1 N–H and O–H groups in total. The molecular formula is C12H16FNOS. The van der Waals surface area contributed by atoms with Gasteiger partial charge in [0.2, 0.25) is 0 Å². The summed E-state index contributed by atoms with van der Waals surface area (Å²) in [4.78, 5) is 0. The number of rotatable bonds is 3. The Morgan fingerprint density at radius 2 is 2.44 bits per heavy atom. The molecule has 2 atom stereocenters. The lowest BCUT2D eigenvalue weighted by Gasteiger charge is -2.30. The van der Waals surface area contributed by atoms with Crippen LogP contribution >= 0.6 is 11.8 Å². The third-order valence-corrected chi connectivity index (χ3v) is 3.75. The van der Waals surface area contributed by atoms with Gasteiger partial charge in [0.15, 0.2) is 0 Å². The molecular weight excluding hydrogens is 225 g/mol. The molecule has 0 radical (unpaired) electrons. The van der Waals surface area contributed by atoms with E-state index >= 15 is 0 Å². The lowest BCUT2D eigenvalue weighted by molar-refractivity contribution is 0.0488. The van der Waals surface area contributed by atoms with E-state index in [1.54, 1.807) is 12.1 Å². The summed E-state index contributed by atoms with van der Waals surface area (Å²) in [7, 11) is 1.89. The minimum absolute atomic E-state index is 0.0727. The smallest absolute Gasteiger partial charge is 0.123 e. The van der Waals surface area contributed by atoms with Gasteiger partial charge >= 0.3 is 0 Å². The Hall–Kier alpha value is -0.580. The molecule has 1 aliphatic rings. The minimum Gasteiger partial charge on any atom is -0.375 e. The highest BCUT2D eigenvalue weighted by Gasteiger charge is 2.25. The molecule has 0 aliphatic carbocycles. The molecule has 2 rings (SSSR count). The Morgan fingerprint density at radius 3 is 3.06 bits per heavy atom. The number of hydrogen-bond acceptors (Lipinski definition) is 3. The van der Waals surface area contributed by atoms with Crippen LogP contribution in [0.3, 0.4) is 0 Å². The number of nitrogens with one attached hydrogen (secondary N) is 1. The zero-order chi connectivity index (χ0) is 11.4. The second-order valence-corrected chi connectivity index (χ2v) is 4.96. The van der Waals surface area contributed by atoms with Crippen LogP contribution in [0.5, 0.6) is 0 Å².